The molecule has 0 saturated heterocycles. The minimum atomic E-state index is -0.857. The van der Waals surface area contributed by atoms with Gasteiger partial charge in [0.05, 0.1) is 17.7 Å². The van der Waals surface area contributed by atoms with Crippen LogP contribution in [-0.2, 0) is 16.1 Å². The lowest BCUT2D eigenvalue weighted by Gasteiger charge is -2.40. The highest BCUT2D eigenvalue weighted by molar-refractivity contribution is 6.29. The average molecular weight is 326 g/mol. The maximum atomic E-state index is 12.4. The molecule has 0 aromatic carbocycles. The minimum Gasteiger partial charge on any atom is -0.481 e. The molecule has 1 aliphatic carbocycles. The Labute approximate surface area is 134 Å². The van der Waals surface area contributed by atoms with Gasteiger partial charge >= 0.3 is 5.97 Å². The second-order valence-corrected chi connectivity index (χ2v) is 6.38. The molecule has 1 aliphatic rings. The molecule has 6 nitrogen and oxygen atoms in total. The first-order valence-electron chi connectivity index (χ1n) is 7.32. The van der Waals surface area contributed by atoms with Crippen molar-refractivity contribution in [3.05, 3.63) is 23.2 Å². The van der Waals surface area contributed by atoms with Crippen molar-refractivity contribution < 1.29 is 14.7 Å². The van der Waals surface area contributed by atoms with Crippen molar-refractivity contribution in [2.75, 3.05) is 0 Å². The lowest BCUT2D eigenvalue weighted by molar-refractivity contribution is -0.156. The Balaban J connectivity index is 2.03. The monoisotopic (exact) mass is 325 g/mol. The lowest BCUT2D eigenvalue weighted by Crippen LogP contribution is -2.46. The first kappa shape index (κ1) is 16.7. The fraction of sp³-hybridized carbons (Fsp3) is 0.600. The fourth-order valence-corrected chi connectivity index (χ4v) is 3.21. The summed E-state index contributed by atoms with van der Waals surface area (Å²) in [6.45, 7) is 3.75. The predicted molar refractivity (Wildman–Crippen MR) is 81.1 cm³/mol. The summed E-state index contributed by atoms with van der Waals surface area (Å²) in [7, 11) is 0. The quantitative estimate of drug-likeness (QED) is 0.886. The van der Waals surface area contributed by atoms with E-state index < -0.39 is 11.4 Å². The van der Waals surface area contributed by atoms with E-state index in [-0.39, 0.29) is 29.4 Å². The van der Waals surface area contributed by atoms with Crippen LogP contribution in [0.3, 0.4) is 0 Å². The van der Waals surface area contributed by atoms with Gasteiger partial charge in [0.2, 0.25) is 5.91 Å². The zero-order chi connectivity index (χ0) is 16.3. The van der Waals surface area contributed by atoms with E-state index in [9.17, 15) is 14.7 Å². The Kier molecular flexibility index (Phi) is 5.01. The van der Waals surface area contributed by atoms with E-state index in [4.69, 9.17) is 11.6 Å². The number of rotatable bonds is 4. The van der Waals surface area contributed by atoms with Crippen LogP contribution < -0.4 is 5.32 Å². The summed E-state index contributed by atoms with van der Waals surface area (Å²) >= 11 is 5.91. The number of aliphatic carboxylic acids is 1. The molecule has 22 heavy (non-hydrogen) atoms. The van der Waals surface area contributed by atoms with E-state index in [0.717, 1.165) is 6.42 Å². The van der Waals surface area contributed by atoms with Crippen molar-refractivity contribution in [1.29, 1.82) is 0 Å². The van der Waals surface area contributed by atoms with Gasteiger partial charge in [0.15, 0.2) is 5.15 Å². The molecule has 1 heterocycles. The summed E-state index contributed by atoms with van der Waals surface area (Å²) in [5.74, 6) is -1.53. The van der Waals surface area contributed by atoms with E-state index in [1.807, 2.05) is 6.92 Å². The molecule has 1 saturated carbocycles. The van der Waals surface area contributed by atoms with E-state index in [2.05, 4.69) is 15.3 Å². The number of nitrogens with one attached hydrogen (secondary N) is 1. The number of nitrogens with zero attached hydrogens (tertiary/aromatic N) is 2. The zero-order valence-electron chi connectivity index (χ0n) is 12.7. The molecule has 1 fully saturated rings. The second kappa shape index (κ2) is 6.60. The van der Waals surface area contributed by atoms with Gasteiger partial charge in [-0.15, -0.1) is 0 Å². The predicted octanol–water partition coefficient (Wildman–Crippen LogP) is 2.27. The van der Waals surface area contributed by atoms with Gasteiger partial charge in [0.1, 0.15) is 0 Å². The number of carbonyl (C=O) groups excluding carboxylic acids is 1. The molecule has 120 valence electrons. The van der Waals surface area contributed by atoms with Gasteiger partial charge < -0.3 is 10.4 Å². The highest BCUT2D eigenvalue weighted by Gasteiger charge is 2.47. The number of amides is 1. The number of halogens is 1. The van der Waals surface area contributed by atoms with Crippen LogP contribution in [0.2, 0.25) is 5.15 Å². The molecular formula is C15H20ClN3O3. The van der Waals surface area contributed by atoms with Gasteiger partial charge in [-0.3, -0.25) is 14.6 Å². The van der Waals surface area contributed by atoms with Crippen molar-refractivity contribution in [2.24, 2.45) is 17.3 Å². The molecule has 0 radical (unpaired) electrons. The summed E-state index contributed by atoms with van der Waals surface area (Å²) in [4.78, 5) is 31.9. The molecule has 7 heteroatoms. The maximum absolute atomic E-state index is 12.4. The number of carbonyl (C=O) groups is 2. The lowest BCUT2D eigenvalue weighted by atomic mass is 9.63. The molecule has 1 unspecified atom stereocenters. The molecule has 1 amide bonds. The second-order valence-electron chi connectivity index (χ2n) is 6.02. The molecule has 0 bridgehead atoms. The third-order valence-electron chi connectivity index (χ3n) is 4.80. The van der Waals surface area contributed by atoms with Crippen LogP contribution in [0.1, 0.15) is 38.8 Å². The molecule has 1 aromatic rings. The first-order chi connectivity index (χ1) is 10.4. The van der Waals surface area contributed by atoms with Gasteiger partial charge in [-0.25, -0.2) is 4.98 Å². The van der Waals surface area contributed by atoms with Crippen LogP contribution in [0.15, 0.2) is 12.4 Å². The van der Waals surface area contributed by atoms with Crippen LogP contribution in [0.25, 0.3) is 0 Å². The van der Waals surface area contributed by atoms with Crippen LogP contribution in [-0.4, -0.2) is 27.0 Å². The summed E-state index contributed by atoms with van der Waals surface area (Å²) in [6, 6.07) is 0. The van der Waals surface area contributed by atoms with Gasteiger partial charge in [-0.1, -0.05) is 24.9 Å². The summed E-state index contributed by atoms with van der Waals surface area (Å²) in [5.41, 5.74) is -0.355. The van der Waals surface area contributed by atoms with Crippen molar-refractivity contribution in [2.45, 2.75) is 39.7 Å². The highest BCUT2D eigenvalue weighted by Crippen LogP contribution is 2.44. The number of carboxylic acids is 1. The van der Waals surface area contributed by atoms with Gasteiger partial charge in [-0.05, 0) is 25.7 Å². The topological polar surface area (TPSA) is 92.2 Å². The van der Waals surface area contributed by atoms with E-state index in [1.54, 1.807) is 6.92 Å². The summed E-state index contributed by atoms with van der Waals surface area (Å²) in [6.07, 6.45) is 5.03. The molecule has 2 N–H and O–H groups in total. The number of carboxylic acid groups (broad SMARTS) is 1. The molecule has 3 atom stereocenters. The fourth-order valence-electron chi connectivity index (χ4n) is 3.04. The summed E-state index contributed by atoms with van der Waals surface area (Å²) in [5, 5.41) is 12.5. The van der Waals surface area contributed by atoms with Crippen LogP contribution in [0.4, 0.5) is 0 Å². The number of hydrogen-bond donors (Lipinski definition) is 2. The Morgan fingerprint density at radius 2 is 2.14 bits per heavy atom. The third kappa shape index (κ3) is 3.21. The van der Waals surface area contributed by atoms with Crippen LogP contribution in [0.5, 0.6) is 0 Å². The maximum Gasteiger partial charge on any atom is 0.309 e. The van der Waals surface area contributed by atoms with Crippen LogP contribution in [0, 0.1) is 17.3 Å². The Morgan fingerprint density at radius 3 is 2.77 bits per heavy atom. The van der Waals surface area contributed by atoms with Gasteiger partial charge in [-0.2, -0.15) is 0 Å². The molecule has 0 aliphatic heterocycles. The molecular weight excluding hydrogens is 306 g/mol. The standard InChI is InChI=1S/C15H20ClN3O3/c1-9-10(4-3-5-15(9,2)14(21)22)13(20)19-8-11-12(16)18-7-6-17-11/h6-7,9-10H,3-5,8H2,1-2H3,(H,19,20)(H,21,22)/t9-,10-,15?/m0/s1. The van der Waals surface area contributed by atoms with E-state index in [0.29, 0.717) is 18.5 Å². The normalized spacial score (nSPS) is 28.1. The van der Waals surface area contributed by atoms with E-state index in [1.165, 1.54) is 12.4 Å². The zero-order valence-corrected chi connectivity index (χ0v) is 13.4. The van der Waals surface area contributed by atoms with Crippen molar-refractivity contribution in [3.8, 4) is 0 Å². The average Bonchev–Trinajstić information content (AvgIpc) is 2.49. The Bertz CT molecular complexity index is 581. The first-order valence-corrected chi connectivity index (χ1v) is 7.70. The molecule has 2 rings (SSSR count). The minimum absolute atomic E-state index is 0.151. The number of aromatic nitrogens is 2. The number of hydrogen-bond acceptors (Lipinski definition) is 4. The highest BCUT2D eigenvalue weighted by atomic mass is 35.5. The third-order valence-corrected chi connectivity index (χ3v) is 5.11. The van der Waals surface area contributed by atoms with Crippen LogP contribution >= 0.6 is 11.6 Å². The smallest absolute Gasteiger partial charge is 0.309 e. The van der Waals surface area contributed by atoms with E-state index >= 15 is 0 Å². The molecule has 1 aromatic heterocycles. The molecule has 0 spiro atoms. The van der Waals surface area contributed by atoms with Crippen molar-refractivity contribution in [1.82, 2.24) is 15.3 Å². The SMILES string of the molecule is C[C@H]1[C@@H](C(=O)NCc2nccnc2Cl)CCCC1(C)C(=O)O. The Hall–Kier alpha value is -1.69. The van der Waals surface area contributed by atoms with Gasteiger partial charge in [0.25, 0.3) is 0 Å². The van der Waals surface area contributed by atoms with Gasteiger partial charge in [0, 0.05) is 18.3 Å². The van der Waals surface area contributed by atoms with Crippen molar-refractivity contribution in [3.63, 3.8) is 0 Å². The summed E-state index contributed by atoms with van der Waals surface area (Å²) < 4.78 is 0. The Morgan fingerprint density at radius 1 is 1.45 bits per heavy atom. The van der Waals surface area contributed by atoms with Crippen molar-refractivity contribution >= 4 is 23.5 Å². The largest absolute Gasteiger partial charge is 0.481 e.